The van der Waals surface area contributed by atoms with Crippen molar-refractivity contribution in [3.63, 3.8) is 0 Å². The zero-order valence-corrected chi connectivity index (χ0v) is 13.9. The standard InChI is InChI=1S/C18H21FN2O4/c1-21-15(22)9-14(16(21)10-2-5-12(19)6-3-10)17(23)20-13-7-4-11(8-13)18(24)25/h2-3,5-6,11,13-14,16H,4,7-9H2,1H3,(H,20,23)(H,24,25)/t11-,13+,14?,16?/m0/s1. The van der Waals surface area contributed by atoms with Crippen LogP contribution in [0.25, 0.3) is 0 Å². The van der Waals surface area contributed by atoms with Crippen LogP contribution in [0.2, 0.25) is 0 Å². The number of nitrogens with zero attached hydrogens (tertiary/aromatic N) is 1. The predicted molar refractivity (Wildman–Crippen MR) is 86.9 cm³/mol. The fourth-order valence-electron chi connectivity index (χ4n) is 3.87. The Morgan fingerprint density at radius 1 is 1.24 bits per heavy atom. The van der Waals surface area contributed by atoms with Gasteiger partial charge in [0.05, 0.1) is 17.9 Å². The minimum Gasteiger partial charge on any atom is -0.481 e. The molecule has 0 bridgehead atoms. The summed E-state index contributed by atoms with van der Waals surface area (Å²) in [6, 6.07) is 5.19. The first-order chi connectivity index (χ1) is 11.9. The molecule has 2 fully saturated rings. The second-order valence-electron chi connectivity index (χ2n) is 6.87. The Bertz CT molecular complexity index is 691. The number of amides is 2. The van der Waals surface area contributed by atoms with E-state index in [4.69, 9.17) is 5.11 Å². The van der Waals surface area contributed by atoms with Crippen LogP contribution in [0.3, 0.4) is 0 Å². The van der Waals surface area contributed by atoms with E-state index in [-0.39, 0.29) is 30.1 Å². The summed E-state index contributed by atoms with van der Waals surface area (Å²) in [4.78, 5) is 37.4. The SMILES string of the molecule is CN1C(=O)CC(C(=O)N[C@@H]2CC[C@H](C(=O)O)C2)C1c1ccc(F)cc1. The van der Waals surface area contributed by atoms with E-state index in [1.807, 2.05) is 0 Å². The van der Waals surface area contributed by atoms with Crippen LogP contribution in [-0.4, -0.2) is 40.9 Å². The molecule has 7 heteroatoms. The van der Waals surface area contributed by atoms with Crippen LogP contribution in [0.4, 0.5) is 4.39 Å². The molecule has 0 aromatic heterocycles. The van der Waals surface area contributed by atoms with Crippen molar-refractivity contribution < 1.29 is 23.9 Å². The number of benzene rings is 1. The van der Waals surface area contributed by atoms with E-state index in [0.29, 0.717) is 24.8 Å². The third kappa shape index (κ3) is 3.50. The van der Waals surface area contributed by atoms with Gasteiger partial charge < -0.3 is 15.3 Å². The van der Waals surface area contributed by atoms with E-state index in [1.165, 1.54) is 17.0 Å². The van der Waals surface area contributed by atoms with Crippen molar-refractivity contribution in [2.45, 2.75) is 37.8 Å². The van der Waals surface area contributed by atoms with Crippen molar-refractivity contribution >= 4 is 17.8 Å². The van der Waals surface area contributed by atoms with E-state index >= 15 is 0 Å². The second kappa shape index (κ2) is 6.82. The molecular weight excluding hydrogens is 327 g/mol. The summed E-state index contributed by atoms with van der Waals surface area (Å²) in [5.74, 6) is -2.58. The van der Waals surface area contributed by atoms with Gasteiger partial charge in [0.15, 0.2) is 0 Å². The Balaban J connectivity index is 1.73. The lowest BCUT2D eigenvalue weighted by Gasteiger charge is -2.26. The number of carbonyl (C=O) groups is 3. The number of hydrogen-bond acceptors (Lipinski definition) is 3. The zero-order valence-electron chi connectivity index (χ0n) is 13.9. The molecule has 2 N–H and O–H groups in total. The maximum atomic E-state index is 13.2. The second-order valence-corrected chi connectivity index (χ2v) is 6.87. The number of hydrogen-bond donors (Lipinski definition) is 2. The minimum atomic E-state index is -0.836. The zero-order chi connectivity index (χ0) is 18.1. The molecule has 1 aromatic carbocycles. The number of nitrogens with one attached hydrogen (secondary N) is 1. The van der Waals surface area contributed by atoms with Crippen LogP contribution in [0, 0.1) is 17.7 Å². The summed E-state index contributed by atoms with van der Waals surface area (Å²) in [5.41, 5.74) is 0.713. The highest BCUT2D eigenvalue weighted by atomic mass is 19.1. The van der Waals surface area contributed by atoms with Crippen LogP contribution < -0.4 is 5.32 Å². The number of carbonyl (C=O) groups excluding carboxylic acids is 2. The number of aliphatic carboxylic acids is 1. The third-order valence-corrected chi connectivity index (χ3v) is 5.26. The Morgan fingerprint density at radius 2 is 1.92 bits per heavy atom. The Kier molecular flexibility index (Phi) is 4.74. The number of halogens is 1. The highest BCUT2D eigenvalue weighted by molar-refractivity contribution is 5.90. The maximum Gasteiger partial charge on any atom is 0.306 e. The van der Waals surface area contributed by atoms with E-state index < -0.39 is 23.8 Å². The summed E-state index contributed by atoms with van der Waals surface area (Å²) in [7, 11) is 1.64. The lowest BCUT2D eigenvalue weighted by Crippen LogP contribution is -2.39. The molecule has 2 unspecified atom stereocenters. The summed E-state index contributed by atoms with van der Waals surface area (Å²) < 4.78 is 13.2. The Morgan fingerprint density at radius 3 is 2.52 bits per heavy atom. The first-order valence-corrected chi connectivity index (χ1v) is 8.41. The lowest BCUT2D eigenvalue weighted by molar-refractivity contribution is -0.141. The number of carboxylic acid groups (broad SMARTS) is 1. The van der Waals surface area contributed by atoms with Gasteiger partial charge in [0, 0.05) is 19.5 Å². The van der Waals surface area contributed by atoms with Crippen molar-refractivity contribution in [3.8, 4) is 0 Å². The van der Waals surface area contributed by atoms with Crippen molar-refractivity contribution in [1.82, 2.24) is 10.2 Å². The summed E-state index contributed by atoms with van der Waals surface area (Å²) in [6.45, 7) is 0. The molecule has 134 valence electrons. The van der Waals surface area contributed by atoms with Crippen molar-refractivity contribution in [2.24, 2.45) is 11.8 Å². The van der Waals surface area contributed by atoms with Crippen LogP contribution in [-0.2, 0) is 14.4 Å². The van der Waals surface area contributed by atoms with E-state index in [0.717, 1.165) is 0 Å². The van der Waals surface area contributed by atoms with Gasteiger partial charge in [-0.05, 0) is 37.0 Å². The van der Waals surface area contributed by atoms with E-state index in [9.17, 15) is 18.8 Å². The molecule has 0 spiro atoms. The summed E-state index contributed by atoms with van der Waals surface area (Å²) >= 11 is 0. The third-order valence-electron chi connectivity index (χ3n) is 5.26. The van der Waals surface area contributed by atoms with Gasteiger partial charge in [0.25, 0.3) is 0 Å². The smallest absolute Gasteiger partial charge is 0.306 e. The van der Waals surface area contributed by atoms with Gasteiger partial charge in [-0.1, -0.05) is 12.1 Å². The molecular formula is C18H21FN2O4. The van der Waals surface area contributed by atoms with Crippen LogP contribution >= 0.6 is 0 Å². The molecule has 6 nitrogen and oxygen atoms in total. The summed E-state index contributed by atoms with van der Waals surface area (Å²) in [5, 5.41) is 12.0. The van der Waals surface area contributed by atoms with Crippen molar-refractivity contribution in [2.75, 3.05) is 7.05 Å². The highest BCUT2D eigenvalue weighted by Gasteiger charge is 2.43. The van der Waals surface area contributed by atoms with Crippen molar-refractivity contribution in [1.29, 1.82) is 0 Å². The topological polar surface area (TPSA) is 86.7 Å². The molecule has 1 aliphatic heterocycles. The molecule has 4 atom stereocenters. The first kappa shape index (κ1) is 17.4. The van der Waals surface area contributed by atoms with Gasteiger partial charge in [0.1, 0.15) is 5.82 Å². The van der Waals surface area contributed by atoms with Gasteiger partial charge in [-0.25, -0.2) is 4.39 Å². The molecule has 0 radical (unpaired) electrons. The minimum absolute atomic E-state index is 0.0967. The predicted octanol–water partition coefficient (Wildman–Crippen LogP) is 1.71. The quantitative estimate of drug-likeness (QED) is 0.867. The summed E-state index contributed by atoms with van der Waals surface area (Å²) in [6.07, 6.45) is 1.68. The van der Waals surface area contributed by atoms with Crippen LogP contribution in [0.15, 0.2) is 24.3 Å². The molecule has 1 heterocycles. The number of carboxylic acids is 1. The van der Waals surface area contributed by atoms with E-state index in [2.05, 4.69) is 5.32 Å². The van der Waals surface area contributed by atoms with Gasteiger partial charge in [0.2, 0.25) is 11.8 Å². The van der Waals surface area contributed by atoms with Gasteiger partial charge in [-0.3, -0.25) is 14.4 Å². The van der Waals surface area contributed by atoms with Crippen molar-refractivity contribution in [3.05, 3.63) is 35.6 Å². The van der Waals surface area contributed by atoms with E-state index in [1.54, 1.807) is 19.2 Å². The number of rotatable bonds is 4. The molecule has 2 aliphatic rings. The van der Waals surface area contributed by atoms with Crippen LogP contribution in [0.5, 0.6) is 0 Å². The molecule has 2 amide bonds. The van der Waals surface area contributed by atoms with Gasteiger partial charge in [-0.2, -0.15) is 0 Å². The molecule has 3 rings (SSSR count). The largest absolute Gasteiger partial charge is 0.481 e. The molecule has 1 saturated carbocycles. The molecule has 1 aliphatic carbocycles. The van der Waals surface area contributed by atoms with Gasteiger partial charge >= 0.3 is 5.97 Å². The molecule has 25 heavy (non-hydrogen) atoms. The Labute approximate surface area is 145 Å². The average Bonchev–Trinajstić information content (AvgIpc) is 3.14. The molecule has 1 aromatic rings. The maximum absolute atomic E-state index is 13.2. The fraction of sp³-hybridized carbons (Fsp3) is 0.500. The monoisotopic (exact) mass is 348 g/mol. The molecule has 1 saturated heterocycles. The fourth-order valence-corrected chi connectivity index (χ4v) is 3.87. The number of likely N-dealkylation sites (tertiary alicyclic amines) is 1. The lowest BCUT2D eigenvalue weighted by atomic mass is 9.92. The first-order valence-electron chi connectivity index (χ1n) is 8.41. The van der Waals surface area contributed by atoms with Gasteiger partial charge in [-0.15, -0.1) is 0 Å². The Hall–Kier alpha value is -2.44. The average molecular weight is 348 g/mol. The highest BCUT2D eigenvalue weighted by Crippen LogP contribution is 2.37. The normalized spacial score (nSPS) is 29.0. The van der Waals surface area contributed by atoms with Crippen LogP contribution in [0.1, 0.15) is 37.3 Å².